The summed E-state index contributed by atoms with van der Waals surface area (Å²) in [6.45, 7) is 5.41. The van der Waals surface area contributed by atoms with Crippen molar-refractivity contribution in [3.63, 3.8) is 0 Å². The summed E-state index contributed by atoms with van der Waals surface area (Å²) in [6.07, 6.45) is 0. The van der Waals surface area contributed by atoms with Gasteiger partial charge in [0.05, 0.1) is 5.69 Å². The normalized spacial score (nSPS) is 10.6. The number of hydrogen-bond acceptors (Lipinski definition) is 3. The van der Waals surface area contributed by atoms with Crippen LogP contribution in [-0.4, -0.2) is 33.7 Å². The van der Waals surface area contributed by atoms with Crippen LogP contribution in [-0.2, 0) is 6.54 Å². The van der Waals surface area contributed by atoms with Crippen molar-refractivity contribution in [2.75, 3.05) is 43.5 Å². The monoisotopic (exact) mass is 315 g/mol. The molecule has 0 unspecified atom stereocenters. The molecule has 23 heavy (non-hydrogen) atoms. The van der Waals surface area contributed by atoms with Gasteiger partial charge in [-0.25, -0.2) is 4.39 Å². The molecule has 0 aromatic heterocycles. The predicted molar refractivity (Wildman–Crippen MR) is 96.8 cm³/mol. The number of benzene rings is 2. The van der Waals surface area contributed by atoms with Crippen molar-refractivity contribution in [1.29, 1.82) is 0 Å². The molecule has 2 aromatic carbocycles. The molecule has 0 fully saturated rings. The zero-order valence-electron chi connectivity index (χ0n) is 14.2. The van der Waals surface area contributed by atoms with E-state index < -0.39 is 0 Å². The summed E-state index contributed by atoms with van der Waals surface area (Å²) in [7, 11) is 3.83. The van der Waals surface area contributed by atoms with Crippen molar-refractivity contribution in [2.24, 2.45) is 0 Å². The molecular formula is C19H26FN3. The Morgan fingerprint density at radius 3 is 2.48 bits per heavy atom. The van der Waals surface area contributed by atoms with Crippen molar-refractivity contribution in [3.8, 4) is 0 Å². The lowest BCUT2D eigenvalue weighted by atomic mass is 10.1. The average molecular weight is 315 g/mol. The predicted octanol–water partition coefficient (Wildman–Crippen LogP) is 3.51. The molecule has 0 spiro atoms. The summed E-state index contributed by atoms with van der Waals surface area (Å²) in [5.41, 5.74) is 2.95. The van der Waals surface area contributed by atoms with Crippen LogP contribution in [0.1, 0.15) is 12.5 Å². The summed E-state index contributed by atoms with van der Waals surface area (Å²) >= 11 is 0. The van der Waals surface area contributed by atoms with Gasteiger partial charge in [-0.3, -0.25) is 0 Å². The third-order valence-electron chi connectivity index (χ3n) is 4.00. The second kappa shape index (κ2) is 8.53. The summed E-state index contributed by atoms with van der Waals surface area (Å²) in [4.78, 5) is 4.23. The van der Waals surface area contributed by atoms with E-state index in [1.54, 1.807) is 6.07 Å². The molecule has 4 heteroatoms. The number of nitrogens with zero attached hydrogens (tertiary/aromatic N) is 2. The Labute approximate surface area is 138 Å². The molecule has 2 aromatic rings. The topological polar surface area (TPSA) is 18.5 Å². The summed E-state index contributed by atoms with van der Waals surface area (Å²) in [6, 6.07) is 15.7. The quantitative estimate of drug-likeness (QED) is 0.804. The second-order valence-electron chi connectivity index (χ2n) is 5.66. The van der Waals surface area contributed by atoms with E-state index in [0.29, 0.717) is 5.69 Å². The maximum absolute atomic E-state index is 14.1. The zero-order valence-corrected chi connectivity index (χ0v) is 14.2. The number of halogens is 1. The van der Waals surface area contributed by atoms with Gasteiger partial charge < -0.3 is 15.1 Å². The highest BCUT2D eigenvalue weighted by Crippen LogP contribution is 2.22. The standard InChI is InChI=1S/C19H26FN3/c1-4-23(17-8-6-5-7-9-17)15-16-10-11-18(20)19(14-16)22(3)13-12-21-2/h5-11,14,21H,4,12-13,15H2,1-3H3. The van der Waals surface area contributed by atoms with E-state index in [1.165, 1.54) is 5.69 Å². The van der Waals surface area contributed by atoms with Crippen LogP contribution in [0.5, 0.6) is 0 Å². The number of likely N-dealkylation sites (N-methyl/N-ethyl adjacent to an activating group) is 2. The lowest BCUT2D eigenvalue weighted by molar-refractivity contribution is 0.619. The Hall–Kier alpha value is -2.07. The van der Waals surface area contributed by atoms with Crippen LogP contribution in [0, 0.1) is 5.82 Å². The van der Waals surface area contributed by atoms with Gasteiger partial charge in [0.25, 0.3) is 0 Å². The zero-order chi connectivity index (χ0) is 16.7. The Morgan fingerprint density at radius 1 is 1.09 bits per heavy atom. The number of para-hydroxylation sites is 1. The Bertz CT molecular complexity index is 601. The third-order valence-corrected chi connectivity index (χ3v) is 4.00. The first-order valence-corrected chi connectivity index (χ1v) is 8.10. The van der Waals surface area contributed by atoms with E-state index in [0.717, 1.165) is 31.7 Å². The minimum absolute atomic E-state index is 0.171. The molecular weight excluding hydrogens is 289 g/mol. The number of rotatable bonds is 8. The molecule has 0 heterocycles. The largest absolute Gasteiger partial charge is 0.371 e. The van der Waals surface area contributed by atoms with Gasteiger partial charge in [-0.05, 0) is 43.8 Å². The minimum atomic E-state index is -0.171. The third kappa shape index (κ3) is 4.70. The van der Waals surface area contributed by atoms with Crippen LogP contribution in [0.4, 0.5) is 15.8 Å². The van der Waals surface area contributed by atoms with Crippen molar-refractivity contribution >= 4 is 11.4 Å². The highest BCUT2D eigenvalue weighted by atomic mass is 19.1. The minimum Gasteiger partial charge on any atom is -0.371 e. The molecule has 0 aliphatic carbocycles. The van der Waals surface area contributed by atoms with Gasteiger partial charge in [-0.2, -0.15) is 0 Å². The first kappa shape index (κ1) is 17.3. The summed E-state index contributed by atoms with van der Waals surface area (Å²) < 4.78 is 14.1. The van der Waals surface area contributed by atoms with Crippen LogP contribution < -0.4 is 15.1 Å². The van der Waals surface area contributed by atoms with E-state index >= 15 is 0 Å². The fraction of sp³-hybridized carbons (Fsp3) is 0.368. The fourth-order valence-corrected chi connectivity index (χ4v) is 2.59. The molecule has 1 N–H and O–H groups in total. The molecule has 0 saturated heterocycles. The lowest BCUT2D eigenvalue weighted by Gasteiger charge is -2.25. The smallest absolute Gasteiger partial charge is 0.146 e. The van der Waals surface area contributed by atoms with E-state index in [4.69, 9.17) is 0 Å². The molecule has 0 aliphatic heterocycles. The van der Waals surface area contributed by atoms with Gasteiger partial charge >= 0.3 is 0 Å². The molecule has 0 saturated carbocycles. The highest BCUT2D eigenvalue weighted by molar-refractivity contribution is 5.52. The summed E-state index contributed by atoms with van der Waals surface area (Å²) in [5, 5.41) is 3.09. The van der Waals surface area contributed by atoms with Crippen LogP contribution in [0.2, 0.25) is 0 Å². The molecule has 0 radical (unpaired) electrons. The number of hydrogen-bond donors (Lipinski definition) is 1. The first-order chi connectivity index (χ1) is 11.2. The SMILES string of the molecule is CCN(Cc1ccc(F)c(N(C)CCNC)c1)c1ccccc1. The first-order valence-electron chi connectivity index (χ1n) is 8.10. The van der Waals surface area contributed by atoms with Crippen LogP contribution in [0.25, 0.3) is 0 Å². The van der Waals surface area contributed by atoms with Gasteiger partial charge in [0.15, 0.2) is 0 Å². The van der Waals surface area contributed by atoms with Gasteiger partial charge in [0.1, 0.15) is 5.82 Å². The van der Waals surface area contributed by atoms with Crippen molar-refractivity contribution in [1.82, 2.24) is 5.32 Å². The average Bonchev–Trinajstić information content (AvgIpc) is 2.59. The van der Waals surface area contributed by atoms with Gasteiger partial charge in [-0.1, -0.05) is 24.3 Å². The van der Waals surface area contributed by atoms with Crippen LogP contribution >= 0.6 is 0 Å². The van der Waals surface area contributed by atoms with Gasteiger partial charge in [0.2, 0.25) is 0 Å². The van der Waals surface area contributed by atoms with Crippen LogP contribution in [0.3, 0.4) is 0 Å². The maximum Gasteiger partial charge on any atom is 0.146 e. The van der Waals surface area contributed by atoms with Crippen molar-refractivity contribution in [3.05, 3.63) is 59.9 Å². The molecule has 3 nitrogen and oxygen atoms in total. The van der Waals surface area contributed by atoms with E-state index in [9.17, 15) is 4.39 Å². The molecule has 0 bridgehead atoms. The molecule has 2 rings (SSSR count). The van der Waals surface area contributed by atoms with Crippen LogP contribution in [0.15, 0.2) is 48.5 Å². The highest BCUT2D eigenvalue weighted by Gasteiger charge is 2.11. The Kier molecular flexibility index (Phi) is 6.41. The molecule has 124 valence electrons. The van der Waals surface area contributed by atoms with E-state index in [-0.39, 0.29) is 5.82 Å². The van der Waals surface area contributed by atoms with E-state index in [1.807, 2.05) is 49.3 Å². The van der Waals surface area contributed by atoms with Crippen molar-refractivity contribution in [2.45, 2.75) is 13.5 Å². The second-order valence-corrected chi connectivity index (χ2v) is 5.66. The fourth-order valence-electron chi connectivity index (χ4n) is 2.59. The lowest BCUT2D eigenvalue weighted by Crippen LogP contribution is -2.28. The maximum atomic E-state index is 14.1. The number of nitrogens with one attached hydrogen (secondary N) is 1. The molecule has 0 amide bonds. The van der Waals surface area contributed by atoms with Crippen molar-refractivity contribution < 1.29 is 4.39 Å². The Balaban J connectivity index is 2.16. The molecule has 0 aliphatic rings. The number of anilines is 2. The Morgan fingerprint density at radius 2 is 1.83 bits per heavy atom. The van der Waals surface area contributed by atoms with E-state index in [2.05, 4.69) is 29.3 Å². The van der Waals surface area contributed by atoms with Gasteiger partial charge in [-0.15, -0.1) is 0 Å². The molecule has 0 atom stereocenters. The summed E-state index contributed by atoms with van der Waals surface area (Å²) in [5.74, 6) is -0.171. The van der Waals surface area contributed by atoms with Gasteiger partial charge in [0, 0.05) is 38.9 Å².